The molecule has 6 nitrogen and oxygen atoms in total. The Morgan fingerprint density at radius 2 is 1.97 bits per heavy atom. The SMILES string of the molecule is CC(F)(F)c1cccc(C(=O)N2CCn3c(nnc3-c3ccc(F)cn3)C2)c1Cl. The minimum absolute atomic E-state index is 0.0130. The number of amides is 1. The van der Waals surface area contributed by atoms with E-state index in [-0.39, 0.29) is 17.1 Å². The molecule has 1 aromatic carbocycles. The van der Waals surface area contributed by atoms with Crippen molar-refractivity contribution >= 4 is 17.5 Å². The molecule has 2 aromatic heterocycles. The molecule has 3 aromatic rings. The van der Waals surface area contributed by atoms with Gasteiger partial charge < -0.3 is 9.47 Å². The molecule has 0 unspecified atom stereocenters. The van der Waals surface area contributed by atoms with Gasteiger partial charge in [0.25, 0.3) is 11.8 Å². The fourth-order valence-electron chi connectivity index (χ4n) is 3.24. The number of rotatable bonds is 3. The van der Waals surface area contributed by atoms with Crippen LogP contribution in [0.5, 0.6) is 0 Å². The van der Waals surface area contributed by atoms with Gasteiger partial charge in [-0.25, -0.2) is 18.2 Å². The predicted octanol–water partition coefficient (Wildman–Crippen LogP) is 3.90. The Bertz CT molecular complexity index is 1080. The summed E-state index contributed by atoms with van der Waals surface area (Å²) in [5, 5.41) is 7.93. The lowest BCUT2D eigenvalue weighted by atomic mass is 10.0. The predicted molar refractivity (Wildman–Crippen MR) is 99.0 cm³/mol. The number of pyridine rings is 1. The summed E-state index contributed by atoms with van der Waals surface area (Å²) >= 11 is 6.11. The van der Waals surface area contributed by atoms with E-state index in [1.54, 1.807) is 4.57 Å². The van der Waals surface area contributed by atoms with Crippen molar-refractivity contribution in [3.8, 4) is 11.5 Å². The Labute approximate surface area is 168 Å². The van der Waals surface area contributed by atoms with Gasteiger partial charge in [-0.1, -0.05) is 23.7 Å². The molecule has 1 aliphatic heterocycles. The van der Waals surface area contributed by atoms with Crippen LogP contribution >= 0.6 is 11.6 Å². The van der Waals surface area contributed by atoms with Crippen molar-refractivity contribution in [2.75, 3.05) is 6.54 Å². The zero-order valence-electron chi connectivity index (χ0n) is 15.2. The summed E-state index contributed by atoms with van der Waals surface area (Å²) in [5.74, 6) is -3.10. The molecule has 0 saturated heterocycles. The molecule has 0 radical (unpaired) electrons. The van der Waals surface area contributed by atoms with Crippen LogP contribution in [0.4, 0.5) is 13.2 Å². The Morgan fingerprint density at radius 1 is 1.17 bits per heavy atom. The molecule has 0 N–H and O–H groups in total. The molecule has 0 aliphatic carbocycles. The van der Waals surface area contributed by atoms with Gasteiger partial charge in [-0.3, -0.25) is 4.79 Å². The largest absolute Gasteiger partial charge is 0.329 e. The number of benzene rings is 1. The van der Waals surface area contributed by atoms with Crippen molar-refractivity contribution in [1.29, 1.82) is 0 Å². The summed E-state index contributed by atoms with van der Waals surface area (Å²) in [5.41, 5.74) is 0.0831. The highest BCUT2D eigenvalue weighted by Gasteiger charge is 2.32. The van der Waals surface area contributed by atoms with Crippen LogP contribution in [-0.4, -0.2) is 37.1 Å². The van der Waals surface area contributed by atoms with Crippen LogP contribution in [0.25, 0.3) is 11.5 Å². The van der Waals surface area contributed by atoms with Crippen LogP contribution in [0.3, 0.4) is 0 Å². The first-order valence-electron chi connectivity index (χ1n) is 8.76. The van der Waals surface area contributed by atoms with E-state index in [9.17, 15) is 18.0 Å². The van der Waals surface area contributed by atoms with Crippen molar-refractivity contribution in [3.63, 3.8) is 0 Å². The number of hydrogen-bond acceptors (Lipinski definition) is 4. The number of fused-ring (bicyclic) bond motifs is 1. The Kier molecular flexibility index (Phi) is 4.77. The average Bonchev–Trinajstić information content (AvgIpc) is 3.10. The summed E-state index contributed by atoms with van der Waals surface area (Å²) in [6.45, 7) is 1.55. The summed E-state index contributed by atoms with van der Waals surface area (Å²) < 4.78 is 42.3. The van der Waals surface area contributed by atoms with Crippen LogP contribution in [0, 0.1) is 5.82 Å². The summed E-state index contributed by atoms with van der Waals surface area (Å²) in [6.07, 6.45) is 1.09. The number of carbonyl (C=O) groups is 1. The summed E-state index contributed by atoms with van der Waals surface area (Å²) in [6, 6.07) is 6.79. The summed E-state index contributed by atoms with van der Waals surface area (Å²) in [7, 11) is 0. The number of nitrogens with zero attached hydrogens (tertiary/aromatic N) is 5. The van der Waals surface area contributed by atoms with Gasteiger partial charge >= 0.3 is 0 Å². The van der Waals surface area contributed by atoms with Crippen molar-refractivity contribution in [2.45, 2.75) is 25.9 Å². The van der Waals surface area contributed by atoms with Crippen LogP contribution in [0.2, 0.25) is 5.02 Å². The highest BCUT2D eigenvalue weighted by Crippen LogP contribution is 2.35. The highest BCUT2D eigenvalue weighted by atomic mass is 35.5. The third-order valence-corrected chi connectivity index (χ3v) is 5.11. The number of aromatic nitrogens is 4. The Balaban J connectivity index is 1.60. The molecule has 3 heterocycles. The van der Waals surface area contributed by atoms with Crippen molar-refractivity contribution in [2.24, 2.45) is 0 Å². The minimum Gasteiger partial charge on any atom is -0.329 e. The maximum Gasteiger partial charge on any atom is 0.271 e. The third-order valence-electron chi connectivity index (χ3n) is 4.70. The monoisotopic (exact) mass is 421 g/mol. The lowest BCUT2D eigenvalue weighted by molar-refractivity contribution is 0.0175. The van der Waals surface area contributed by atoms with Crippen molar-refractivity contribution < 1.29 is 18.0 Å². The van der Waals surface area contributed by atoms with Gasteiger partial charge in [0, 0.05) is 25.6 Å². The lowest BCUT2D eigenvalue weighted by Gasteiger charge is -2.28. The van der Waals surface area contributed by atoms with E-state index in [0.717, 1.165) is 13.1 Å². The zero-order valence-corrected chi connectivity index (χ0v) is 16.0. The fourth-order valence-corrected chi connectivity index (χ4v) is 3.61. The molecule has 0 atom stereocenters. The van der Waals surface area contributed by atoms with E-state index >= 15 is 0 Å². The molecule has 0 saturated carbocycles. The van der Waals surface area contributed by atoms with E-state index in [1.807, 2.05) is 0 Å². The molecular formula is C19H15ClF3N5O. The molecule has 4 rings (SSSR count). The van der Waals surface area contributed by atoms with Crippen LogP contribution in [0.15, 0.2) is 36.5 Å². The maximum atomic E-state index is 13.7. The standard InChI is InChI=1S/C19H15ClF3N5O/c1-19(22,23)13-4-2-3-12(16(13)20)18(29)27-7-8-28-15(10-27)25-26-17(28)14-6-5-11(21)9-24-14/h2-6,9H,7-8,10H2,1H3. The van der Waals surface area contributed by atoms with E-state index in [2.05, 4.69) is 15.2 Å². The fraction of sp³-hybridized carbons (Fsp3) is 0.263. The second kappa shape index (κ2) is 7.14. The van der Waals surface area contributed by atoms with E-state index in [0.29, 0.717) is 30.4 Å². The molecule has 0 bridgehead atoms. The average molecular weight is 422 g/mol. The Morgan fingerprint density at radius 3 is 2.66 bits per heavy atom. The first kappa shape index (κ1) is 19.4. The lowest BCUT2D eigenvalue weighted by Crippen LogP contribution is -2.38. The zero-order chi connectivity index (χ0) is 20.8. The quantitative estimate of drug-likeness (QED) is 0.643. The first-order chi connectivity index (χ1) is 13.8. The molecule has 29 heavy (non-hydrogen) atoms. The second-order valence-electron chi connectivity index (χ2n) is 6.74. The maximum absolute atomic E-state index is 13.7. The molecule has 0 spiro atoms. The number of alkyl halides is 2. The smallest absolute Gasteiger partial charge is 0.271 e. The van der Waals surface area contributed by atoms with E-state index in [4.69, 9.17) is 11.6 Å². The first-order valence-corrected chi connectivity index (χ1v) is 9.13. The Hall–Kier alpha value is -2.94. The molecule has 150 valence electrons. The van der Waals surface area contributed by atoms with Crippen LogP contribution < -0.4 is 0 Å². The number of carbonyl (C=O) groups excluding carboxylic acids is 1. The molecule has 1 aliphatic rings. The van der Waals surface area contributed by atoms with E-state index in [1.165, 1.54) is 35.2 Å². The van der Waals surface area contributed by atoms with E-state index < -0.39 is 23.2 Å². The molecule has 1 amide bonds. The van der Waals surface area contributed by atoms with Gasteiger partial charge in [-0.2, -0.15) is 0 Å². The summed E-state index contributed by atoms with van der Waals surface area (Å²) in [4.78, 5) is 18.4. The van der Waals surface area contributed by atoms with Crippen molar-refractivity contribution in [3.05, 3.63) is 64.3 Å². The van der Waals surface area contributed by atoms with Gasteiger partial charge in [-0.15, -0.1) is 10.2 Å². The normalized spacial score (nSPS) is 14.0. The molecule has 10 heteroatoms. The van der Waals surface area contributed by atoms with Gasteiger partial charge in [0.15, 0.2) is 11.6 Å². The van der Waals surface area contributed by atoms with Crippen molar-refractivity contribution in [1.82, 2.24) is 24.6 Å². The molecule has 0 fully saturated rings. The third kappa shape index (κ3) is 3.57. The second-order valence-corrected chi connectivity index (χ2v) is 7.11. The van der Waals surface area contributed by atoms with Gasteiger partial charge in [-0.05, 0) is 18.2 Å². The topological polar surface area (TPSA) is 63.9 Å². The number of hydrogen-bond donors (Lipinski definition) is 0. The van der Waals surface area contributed by atoms with Gasteiger partial charge in [0.05, 0.1) is 23.3 Å². The van der Waals surface area contributed by atoms with Gasteiger partial charge in [0.2, 0.25) is 0 Å². The number of halogens is 4. The van der Waals surface area contributed by atoms with Gasteiger partial charge in [0.1, 0.15) is 11.5 Å². The van der Waals surface area contributed by atoms with Crippen LogP contribution in [-0.2, 0) is 19.0 Å². The van der Waals surface area contributed by atoms with Crippen LogP contribution in [0.1, 0.15) is 28.7 Å². The molecular weight excluding hydrogens is 407 g/mol. The minimum atomic E-state index is -3.16. The highest BCUT2D eigenvalue weighted by molar-refractivity contribution is 6.34.